The summed E-state index contributed by atoms with van der Waals surface area (Å²) in [6.45, 7) is 0.404. The van der Waals surface area contributed by atoms with E-state index in [2.05, 4.69) is 0 Å². The Morgan fingerprint density at radius 2 is 1.52 bits per heavy atom. The molecule has 8 heteroatoms. The number of hydrogen-bond donors (Lipinski definition) is 1. The molecule has 2 N–H and O–H groups in total. The quantitative estimate of drug-likeness (QED) is 0.471. The topological polar surface area (TPSA) is 81.9 Å². The lowest BCUT2D eigenvalue weighted by molar-refractivity contribution is -0.132. The van der Waals surface area contributed by atoms with Crippen LogP contribution in [0.25, 0.3) is 0 Å². The van der Waals surface area contributed by atoms with Gasteiger partial charge in [-0.1, -0.05) is 48.5 Å². The predicted octanol–water partition coefficient (Wildman–Crippen LogP) is 5.00. The lowest BCUT2D eigenvalue weighted by atomic mass is 10.1. The number of nitrogens with two attached hydrogens (primary N) is 1. The Labute approximate surface area is 192 Å². The van der Waals surface area contributed by atoms with Crippen LogP contribution in [0.15, 0.2) is 84.9 Å². The van der Waals surface area contributed by atoms with Crippen molar-refractivity contribution in [1.82, 2.24) is 4.90 Å². The van der Waals surface area contributed by atoms with Crippen molar-refractivity contribution in [3.63, 3.8) is 0 Å². The van der Waals surface area contributed by atoms with Crippen molar-refractivity contribution in [2.24, 2.45) is 5.73 Å². The minimum absolute atomic E-state index is 0.242. The fraction of sp³-hybridized carbons (Fsp3) is 0.240. The average molecular weight is 468 g/mol. The van der Waals surface area contributed by atoms with Crippen LogP contribution in [0.4, 0.5) is 4.39 Å². The highest BCUT2D eigenvalue weighted by atomic mass is 31.2. The second kappa shape index (κ2) is 10.2. The van der Waals surface area contributed by atoms with Gasteiger partial charge in [0.25, 0.3) is 0 Å². The van der Waals surface area contributed by atoms with E-state index in [9.17, 15) is 13.8 Å². The average Bonchev–Trinajstić information content (AvgIpc) is 3.32. The lowest BCUT2D eigenvalue weighted by Crippen LogP contribution is -2.47. The summed E-state index contributed by atoms with van der Waals surface area (Å²) in [6.07, 6.45) is 1.36. The number of rotatable bonds is 8. The maximum Gasteiger partial charge on any atom is 0.453 e. The molecule has 2 atom stereocenters. The van der Waals surface area contributed by atoms with Gasteiger partial charge in [-0.05, 0) is 61.2 Å². The molecule has 0 radical (unpaired) electrons. The summed E-state index contributed by atoms with van der Waals surface area (Å²) in [4.78, 5) is 14.8. The number of benzene rings is 3. The van der Waals surface area contributed by atoms with Crippen LogP contribution in [0.2, 0.25) is 0 Å². The fourth-order valence-corrected chi connectivity index (χ4v) is 6.09. The predicted molar refractivity (Wildman–Crippen MR) is 125 cm³/mol. The second-order valence-corrected chi connectivity index (χ2v) is 9.98. The molecule has 3 aromatic rings. The van der Waals surface area contributed by atoms with Crippen LogP contribution in [0, 0.1) is 5.82 Å². The van der Waals surface area contributed by atoms with E-state index in [1.54, 1.807) is 60.7 Å². The molecule has 0 aliphatic carbocycles. The number of likely N-dealkylation sites (tertiary alicyclic amines) is 1. The molecule has 1 amide bonds. The Hall–Kier alpha value is -3.15. The van der Waals surface area contributed by atoms with Gasteiger partial charge in [0, 0.05) is 6.54 Å². The van der Waals surface area contributed by atoms with E-state index in [1.165, 1.54) is 17.0 Å². The summed E-state index contributed by atoms with van der Waals surface area (Å²) in [5.74, 6) is -0.672. The van der Waals surface area contributed by atoms with Gasteiger partial charge in [-0.3, -0.25) is 4.79 Å². The fourth-order valence-electron chi connectivity index (χ4n) is 3.91. The van der Waals surface area contributed by atoms with E-state index in [1.807, 2.05) is 12.1 Å². The molecule has 1 fully saturated rings. The zero-order valence-electron chi connectivity index (χ0n) is 18.0. The van der Waals surface area contributed by atoms with Crippen molar-refractivity contribution in [1.29, 1.82) is 0 Å². The van der Waals surface area contributed by atoms with Gasteiger partial charge in [-0.25, -0.2) is 8.96 Å². The molecule has 33 heavy (non-hydrogen) atoms. The highest BCUT2D eigenvalue weighted by Gasteiger charge is 2.48. The summed E-state index contributed by atoms with van der Waals surface area (Å²) in [5, 5.41) is 0. The summed E-state index contributed by atoms with van der Waals surface area (Å²) < 4.78 is 39.2. The number of amides is 1. The summed E-state index contributed by atoms with van der Waals surface area (Å²) in [7, 11) is -3.85. The maximum atomic E-state index is 14.2. The second-order valence-electron chi connectivity index (χ2n) is 7.94. The van der Waals surface area contributed by atoms with Crippen LogP contribution in [0.5, 0.6) is 11.5 Å². The van der Waals surface area contributed by atoms with Crippen molar-refractivity contribution >= 4 is 13.5 Å². The number of nitrogens with zero attached hydrogens (tertiary/aromatic N) is 1. The Morgan fingerprint density at radius 1 is 0.970 bits per heavy atom. The minimum Gasteiger partial charge on any atom is -0.415 e. The standard InChI is InChI=1S/C25H26FN2O4P/c26-20-15-13-19(14-16-20)18-23(27)25(29)28-17-7-12-24(28)33(30,31-21-8-3-1-4-9-21)32-22-10-5-2-6-11-22/h1-6,8-11,13-16,23-24H,7,12,17-18,27H2/t23-,24+/m0/s1. The molecule has 0 spiro atoms. The zero-order chi connectivity index (χ0) is 23.3. The number of hydrogen-bond acceptors (Lipinski definition) is 5. The Bertz CT molecular complexity index is 1070. The van der Waals surface area contributed by atoms with Crippen LogP contribution in [-0.4, -0.2) is 29.2 Å². The SMILES string of the molecule is N[C@@H](Cc1ccc(F)cc1)C(=O)N1CCC[C@H]1P(=O)(Oc1ccccc1)Oc1ccccc1. The first kappa shape index (κ1) is 23.0. The smallest absolute Gasteiger partial charge is 0.415 e. The van der Waals surface area contributed by atoms with Gasteiger partial charge in [-0.2, -0.15) is 0 Å². The molecule has 0 aromatic heterocycles. The van der Waals surface area contributed by atoms with Crippen LogP contribution in [-0.2, 0) is 15.8 Å². The third-order valence-electron chi connectivity index (χ3n) is 5.51. The molecule has 3 aromatic carbocycles. The van der Waals surface area contributed by atoms with Crippen LogP contribution in [0.3, 0.4) is 0 Å². The molecule has 6 nitrogen and oxygen atoms in total. The molecule has 172 valence electrons. The largest absolute Gasteiger partial charge is 0.453 e. The van der Waals surface area contributed by atoms with Crippen molar-refractivity contribution in [2.45, 2.75) is 31.1 Å². The highest BCUT2D eigenvalue weighted by molar-refractivity contribution is 7.55. The van der Waals surface area contributed by atoms with Gasteiger partial charge in [-0.15, -0.1) is 0 Å². The van der Waals surface area contributed by atoms with E-state index < -0.39 is 19.4 Å². The first-order valence-corrected chi connectivity index (χ1v) is 12.5. The molecule has 0 bridgehead atoms. The van der Waals surface area contributed by atoms with Gasteiger partial charge in [0.15, 0.2) is 5.78 Å². The first-order chi connectivity index (χ1) is 15.9. The third-order valence-corrected chi connectivity index (χ3v) is 7.70. The Kier molecular flexibility index (Phi) is 7.11. The lowest BCUT2D eigenvalue weighted by Gasteiger charge is -2.32. The summed E-state index contributed by atoms with van der Waals surface area (Å²) >= 11 is 0. The van der Waals surface area contributed by atoms with Crippen molar-refractivity contribution < 1.29 is 22.8 Å². The van der Waals surface area contributed by atoms with Gasteiger partial charge in [0.05, 0.1) is 6.04 Å². The molecule has 1 heterocycles. The zero-order valence-corrected chi connectivity index (χ0v) is 18.9. The third kappa shape index (κ3) is 5.62. The number of carbonyl (C=O) groups excluding carboxylic acids is 1. The van der Waals surface area contributed by atoms with E-state index in [0.29, 0.717) is 30.9 Å². The maximum absolute atomic E-state index is 14.2. The highest BCUT2D eigenvalue weighted by Crippen LogP contribution is 2.57. The molecule has 1 aliphatic rings. The summed E-state index contributed by atoms with van der Waals surface area (Å²) in [6, 6.07) is 22.6. The van der Waals surface area contributed by atoms with E-state index in [0.717, 1.165) is 5.56 Å². The van der Waals surface area contributed by atoms with Crippen molar-refractivity contribution in [3.05, 3.63) is 96.3 Å². The van der Waals surface area contributed by atoms with Gasteiger partial charge in [0.1, 0.15) is 17.3 Å². The molecular weight excluding hydrogens is 442 g/mol. The van der Waals surface area contributed by atoms with Gasteiger partial charge in [0.2, 0.25) is 5.91 Å². The molecule has 1 aliphatic heterocycles. The van der Waals surface area contributed by atoms with E-state index >= 15 is 0 Å². The summed E-state index contributed by atoms with van der Waals surface area (Å²) in [5.41, 5.74) is 6.97. The molecule has 0 unspecified atom stereocenters. The van der Waals surface area contributed by atoms with Crippen molar-refractivity contribution in [2.75, 3.05) is 6.54 Å². The Morgan fingerprint density at radius 3 is 2.06 bits per heavy atom. The normalized spacial score (nSPS) is 16.9. The number of carbonyl (C=O) groups is 1. The van der Waals surface area contributed by atoms with Crippen LogP contribution < -0.4 is 14.8 Å². The minimum atomic E-state index is -3.85. The Balaban J connectivity index is 1.57. The van der Waals surface area contributed by atoms with Crippen LogP contribution >= 0.6 is 7.60 Å². The van der Waals surface area contributed by atoms with Gasteiger partial charge >= 0.3 is 7.60 Å². The number of halogens is 1. The number of para-hydroxylation sites is 2. The first-order valence-electron chi connectivity index (χ1n) is 10.8. The molecule has 1 saturated heterocycles. The van der Waals surface area contributed by atoms with E-state index in [-0.39, 0.29) is 18.1 Å². The monoisotopic (exact) mass is 468 g/mol. The van der Waals surface area contributed by atoms with Gasteiger partial charge < -0.3 is 19.7 Å². The van der Waals surface area contributed by atoms with Crippen LogP contribution in [0.1, 0.15) is 18.4 Å². The van der Waals surface area contributed by atoms with E-state index in [4.69, 9.17) is 14.8 Å². The molecule has 4 rings (SSSR count). The molecular formula is C25H26FN2O4P. The molecule has 0 saturated carbocycles. The van der Waals surface area contributed by atoms with Crippen molar-refractivity contribution in [3.8, 4) is 11.5 Å².